The molecule has 0 spiro atoms. The van der Waals surface area contributed by atoms with Crippen molar-refractivity contribution in [1.29, 1.82) is 0 Å². The molecule has 0 unspecified atom stereocenters. The van der Waals surface area contributed by atoms with Gasteiger partial charge in [-0.05, 0) is 12.1 Å². The van der Waals surface area contributed by atoms with Crippen molar-refractivity contribution >= 4 is 35.2 Å². The summed E-state index contributed by atoms with van der Waals surface area (Å²) in [5.41, 5.74) is 1.78. The molecule has 0 N–H and O–H groups in total. The van der Waals surface area contributed by atoms with E-state index in [9.17, 15) is 4.79 Å². The Morgan fingerprint density at radius 1 is 1.45 bits per heavy atom. The van der Waals surface area contributed by atoms with Crippen LogP contribution in [0.1, 0.15) is 11.3 Å². The molecule has 0 bridgehead atoms. The van der Waals surface area contributed by atoms with Crippen molar-refractivity contribution in [2.24, 2.45) is 0 Å². The second-order valence-electron chi connectivity index (χ2n) is 4.07. The van der Waals surface area contributed by atoms with Gasteiger partial charge in [0.25, 0.3) is 0 Å². The first-order valence-corrected chi connectivity index (χ1v) is 6.95. The molecule has 20 heavy (non-hydrogen) atoms. The lowest BCUT2D eigenvalue weighted by molar-refractivity contribution is -0.140. The monoisotopic (exact) mass is 308 g/mol. The lowest BCUT2D eigenvalue weighted by atomic mass is 10.1. The molecular formula is C13H9ClN2O3S. The van der Waals surface area contributed by atoms with Crippen molar-refractivity contribution in [3.63, 3.8) is 0 Å². The Balaban J connectivity index is 1.70. The number of carbonyl (C=O) groups excluding carboxylic acids is 1. The zero-order valence-electron chi connectivity index (χ0n) is 10.2. The number of para-hydroxylation sites is 1. The number of aromatic nitrogens is 2. The zero-order chi connectivity index (χ0) is 13.9. The molecule has 0 saturated heterocycles. The summed E-state index contributed by atoms with van der Waals surface area (Å²) >= 11 is 6.89. The molecule has 102 valence electrons. The Morgan fingerprint density at radius 2 is 2.30 bits per heavy atom. The lowest BCUT2D eigenvalue weighted by Crippen LogP contribution is -2.17. The van der Waals surface area contributed by atoms with Crippen LogP contribution < -0.4 is 4.74 Å². The molecule has 1 aromatic carbocycles. The van der Waals surface area contributed by atoms with Gasteiger partial charge in [-0.15, -0.1) is 5.10 Å². The number of halogens is 1. The minimum atomic E-state index is -0.441. The molecule has 0 amide bonds. The number of carbonyl (C=O) groups is 1. The second kappa shape index (κ2) is 5.60. The maximum absolute atomic E-state index is 12.0. The van der Waals surface area contributed by atoms with E-state index in [1.807, 2.05) is 24.3 Å². The minimum absolute atomic E-state index is 0.00710. The Labute approximate surface area is 123 Å². The summed E-state index contributed by atoms with van der Waals surface area (Å²) in [4.78, 5) is 12.0. The van der Waals surface area contributed by atoms with Crippen LogP contribution in [0, 0.1) is 0 Å². The molecule has 5 nitrogen and oxygen atoms in total. The van der Waals surface area contributed by atoms with Gasteiger partial charge in [0.15, 0.2) is 0 Å². The van der Waals surface area contributed by atoms with Gasteiger partial charge in [0.1, 0.15) is 29.0 Å². The maximum Gasteiger partial charge on any atom is 0.337 e. The second-order valence-corrected chi connectivity index (χ2v) is 5.42. The van der Waals surface area contributed by atoms with Gasteiger partial charge in [-0.25, -0.2) is 4.79 Å². The number of hydrogen-bond acceptors (Lipinski definition) is 6. The van der Waals surface area contributed by atoms with Gasteiger partial charge in [-0.2, -0.15) is 0 Å². The summed E-state index contributed by atoms with van der Waals surface area (Å²) in [6.07, 6.45) is 1.77. The third kappa shape index (κ3) is 2.66. The first kappa shape index (κ1) is 13.1. The van der Waals surface area contributed by atoms with Crippen LogP contribution in [0.25, 0.3) is 6.08 Å². The Kier molecular flexibility index (Phi) is 3.66. The molecule has 2 heterocycles. The van der Waals surface area contributed by atoms with Crippen LogP contribution in [0.2, 0.25) is 4.34 Å². The topological polar surface area (TPSA) is 61.3 Å². The summed E-state index contributed by atoms with van der Waals surface area (Å²) in [5, 5.41) is 3.78. The van der Waals surface area contributed by atoms with E-state index in [1.165, 1.54) is 0 Å². The molecule has 0 fully saturated rings. The molecule has 2 aromatic rings. The number of rotatable bonds is 3. The average molecular weight is 309 g/mol. The van der Waals surface area contributed by atoms with E-state index in [-0.39, 0.29) is 13.2 Å². The van der Waals surface area contributed by atoms with E-state index in [0.29, 0.717) is 15.6 Å². The van der Waals surface area contributed by atoms with Gasteiger partial charge in [-0.3, -0.25) is 0 Å². The largest absolute Gasteiger partial charge is 0.488 e. The normalized spacial score (nSPS) is 13.2. The molecule has 3 rings (SSSR count). The van der Waals surface area contributed by atoms with E-state index < -0.39 is 5.97 Å². The highest BCUT2D eigenvalue weighted by atomic mass is 35.5. The summed E-state index contributed by atoms with van der Waals surface area (Å²) in [7, 11) is 0. The highest BCUT2D eigenvalue weighted by Crippen LogP contribution is 2.26. The van der Waals surface area contributed by atoms with Crippen LogP contribution in [0.3, 0.4) is 0 Å². The maximum atomic E-state index is 12.0. The van der Waals surface area contributed by atoms with E-state index in [2.05, 4.69) is 9.59 Å². The molecule has 0 aliphatic carbocycles. The highest BCUT2D eigenvalue weighted by molar-refractivity contribution is 7.10. The van der Waals surface area contributed by atoms with E-state index in [4.69, 9.17) is 21.1 Å². The lowest BCUT2D eigenvalue weighted by Gasteiger charge is -2.16. The van der Waals surface area contributed by atoms with Gasteiger partial charge in [0.2, 0.25) is 0 Å². The molecule has 7 heteroatoms. The molecule has 0 saturated carbocycles. The number of nitrogens with zero attached hydrogens (tertiary/aromatic N) is 2. The average Bonchev–Trinajstić information content (AvgIpc) is 2.89. The van der Waals surface area contributed by atoms with Crippen molar-refractivity contribution in [3.8, 4) is 5.75 Å². The fourth-order valence-corrected chi connectivity index (χ4v) is 2.34. The van der Waals surface area contributed by atoms with Crippen molar-refractivity contribution in [2.45, 2.75) is 6.61 Å². The molecule has 0 radical (unpaired) electrons. The molecule has 1 aliphatic rings. The van der Waals surface area contributed by atoms with Crippen LogP contribution in [0.4, 0.5) is 0 Å². The van der Waals surface area contributed by atoms with Crippen molar-refractivity contribution in [2.75, 3.05) is 6.61 Å². The smallest absolute Gasteiger partial charge is 0.337 e. The first-order valence-electron chi connectivity index (χ1n) is 5.80. The van der Waals surface area contributed by atoms with E-state index in [0.717, 1.165) is 22.8 Å². The first-order chi connectivity index (χ1) is 9.74. The van der Waals surface area contributed by atoms with Crippen molar-refractivity contribution < 1.29 is 14.3 Å². The Morgan fingerprint density at radius 3 is 3.10 bits per heavy atom. The van der Waals surface area contributed by atoms with Gasteiger partial charge < -0.3 is 9.47 Å². The quantitative estimate of drug-likeness (QED) is 0.816. The van der Waals surface area contributed by atoms with Crippen LogP contribution in [0.15, 0.2) is 29.8 Å². The Bertz CT molecular complexity index is 684. The van der Waals surface area contributed by atoms with Gasteiger partial charge in [0, 0.05) is 17.1 Å². The summed E-state index contributed by atoms with van der Waals surface area (Å²) < 4.78 is 14.7. The molecule has 0 atom stereocenters. The van der Waals surface area contributed by atoms with Crippen LogP contribution in [-0.4, -0.2) is 22.2 Å². The number of ether oxygens (including phenoxy) is 2. The van der Waals surface area contributed by atoms with E-state index >= 15 is 0 Å². The fraction of sp³-hybridized carbons (Fsp3) is 0.154. The van der Waals surface area contributed by atoms with Crippen molar-refractivity contribution in [1.82, 2.24) is 9.59 Å². The predicted molar refractivity (Wildman–Crippen MR) is 74.6 cm³/mol. The minimum Gasteiger partial charge on any atom is -0.488 e. The van der Waals surface area contributed by atoms with Gasteiger partial charge in [0.05, 0.1) is 5.57 Å². The summed E-state index contributed by atoms with van der Waals surface area (Å²) in [5.74, 6) is 0.319. The molecule has 1 aromatic heterocycles. The number of benzene rings is 1. The predicted octanol–water partition coefficient (Wildman–Crippen LogP) is 2.71. The summed E-state index contributed by atoms with van der Waals surface area (Å²) in [6, 6.07) is 7.50. The number of hydrogen-bond donors (Lipinski definition) is 0. The number of fused-ring (bicyclic) bond motifs is 1. The third-order valence-electron chi connectivity index (χ3n) is 2.74. The summed E-state index contributed by atoms with van der Waals surface area (Å²) in [6.45, 7) is 0.200. The van der Waals surface area contributed by atoms with Crippen LogP contribution in [-0.2, 0) is 16.1 Å². The SMILES string of the molecule is O=C(OCc1nnsc1Cl)C1=Cc2ccccc2OC1. The standard InChI is InChI=1S/C13H9ClN2O3S/c14-12-10(15-16-20-12)7-19-13(17)9-5-8-3-1-2-4-11(8)18-6-9/h1-5H,6-7H2. The Hall–Kier alpha value is -1.92. The van der Waals surface area contributed by atoms with Gasteiger partial charge in [-0.1, -0.05) is 34.3 Å². The third-order valence-corrected chi connectivity index (χ3v) is 3.73. The molecule has 1 aliphatic heterocycles. The van der Waals surface area contributed by atoms with Crippen molar-refractivity contribution in [3.05, 3.63) is 45.4 Å². The zero-order valence-corrected chi connectivity index (χ0v) is 11.8. The van der Waals surface area contributed by atoms with Gasteiger partial charge >= 0.3 is 5.97 Å². The van der Waals surface area contributed by atoms with Crippen LogP contribution in [0.5, 0.6) is 5.75 Å². The number of esters is 1. The highest BCUT2D eigenvalue weighted by Gasteiger charge is 2.19. The van der Waals surface area contributed by atoms with E-state index in [1.54, 1.807) is 6.08 Å². The fourth-order valence-electron chi connectivity index (χ4n) is 1.74. The molecular weight excluding hydrogens is 300 g/mol. The van der Waals surface area contributed by atoms with Crippen LogP contribution >= 0.6 is 23.1 Å².